The molecular formula is C29H27N5O4S. The van der Waals surface area contributed by atoms with Crippen LogP contribution in [0.3, 0.4) is 0 Å². The van der Waals surface area contributed by atoms with Gasteiger partial charge < -0.3 is 9.47 Å². The summed E-state index contributed by atoms with van der Waals surface area (Å²) in [4.78, 5) is 29.5. The molecule has 2 N–H and O–H groups in total. The fourth-order valence-corrected chi connectivity index (χ4v) is 4.67. The van der Waals surface area contributed by atoms with Crippen molar-refractivity contribution in [2.75, 3.05) is 18.6 Å². The molecule has 0 saturated heterocycles. The van der Waals surface area contributed by atoms with Gasteiger partial charge in [0.15, 0.2) is 6.61 Å². The maximum absolute atomic E-state index is 12.6. The highest BCUT2D eigenvalue weighted by molar-refractivity contribution is 7.15. The van der Waals surface area contributed by atoms with Crippen LogP contribution < -0.4 is 25.9 Å². The monoisotopic (exact) mass is 541 g/mol. The normalized spacial score (nSPS) is 10.8. The Bertz CT molecular complexity index is 1630. The van der Waals surface area contributed by atoms with Crippen LogP contribution in [0, 0.1) is 6.92 Å². The molecule has 2 aromatic heterocycles. The Morgan fingerprint density at radius 2 is 1.64 bits per heavy atom. The summed E-state index contributed by atoms with van der Waals surface area (Å²) in [5, 5.41) is 6.54. The van der Waals surface area contributed by atoms with Crippen molar-refractivity contribution in [1.29, 1.82) is 0 Å². The molecule has 5 aromatic rings. The number of ether oxygens (including phenoxy) is 2. The van der Waals surface area contributed by atoms with E-state index in [-0.39, 0.29) is 18.1 Å². The Morgan fingerprint density at radius 1 is 0.949 bits per heavy atom. The predicted molar refractivity (Wildman–Crippen MR) is 151 cm³/mol. The van der Waals surface area contributed by atoms with Gasteiger partial charge in [-0.1, -0.05) is 29.8 Å². The second kappa shape index (κ2) is 11.8. The number of nitrogens with zero attached hydrogens (tertiary/aromatic N) is 3. The molecule has 9 nitrogen and oxygen atoms in total. The molecule has 0 spiro atoms. The number of benzene rings is 3. The first-order valence-corrected chi connectivity index (χ1v) is 13.3. The van der Waals surface area contributed by atoms with Gasteiger partial charge in [0, 0.05) is 17.4 Å². The summed E-state index contributed by atoms with van der Waals surface area (Å²) in [5.41, 5.74) is 10.1. The van der Waals surface area contributed by atoms with Gasteiger partial charge in [-0.2, -0.15) is 10.1 Å². The number of hydrogen-bond acceptors (Lipinski definition) is 8. The molecule has 1 amide bonds. The van der Waals surface area contributed by atoms with Crippen molar-refractivity contribution in [2.24, 2.45) is 0 Å². The van der Waals surface area contributed by atoms with Crippen molar-refractivity contribution >= 4 is 27.9 Å². The van der Waals surface area contributed by atoms with E-state index >= 15 is 0 Å². The van der Waals surface area contributed by atoms with Crippen LogP contribution in [0.1, 0.15) is 23.7 Å². The number of thiazole rings is 1. The van der Waals surface area contributed by atoms with Gasteiger partial charge in [-0.3, -0.25) is 20.4 Å². The number of amides is 1. The summed E-state index contributed by atoms with van der Waals surface area (Å²) in [5.74, 6) is 1.03. The van der Waals surface area contributed by atoms with E-state index in [4.69, 9.17) is 9.47 Å². The van der Waals surface area contributed by atoms with E-state index in [1.165, 1.54) is 11.3 Å². The third-order valence-corrected chi connectivity index (χ3v) is 6.69. The summed E-state index contributed by atoms with van der Waals surface area (Å²) >= 11 is 1.35. The average molecular weight is 542 g/mol. The quantitative estimate of drug-likeness (QED) is 0.248. The molecule has 0 unspecified atom stereocenters. The number of carbonyl (C=O) groups is 1. The van der Waals surface area contributed by atoms with Crippen LogP contribution in [0.15, 0.2) is 83.0 Å². The van der Waals surface area contributed by atoms with Gasteiger partial charge in [-0.15, -0.1) is 11.3 Å². The topological polar surface area (TPSA) is 107 Å². The van der Waals surface area contributed by atoms with E-state index in [1.54, 1.807) is 16.6 Å². The van der Waals surface area contributed by atoms with Gasteiger partial charge >= 0.3 is 0 Å². The number of aromatic nitrogens is 3. The second-order valence-corrected chi connectivity index (χ2v) is 9.62. The number of fused-ring (bicyclic) bond motifs is 1. The van der Waals surface area contributed by atoms with Crippen molar-refractivity contribution in [3.8, 4) is 22.8 Å². The third-order valence-electron chi connectivity index (χ3n) is 5.87. The van der Waals surface area contributed by atoms with E-state index < -0.39 is 0 Å². The number of hydrazine groups is 1. The van der Waals surface area contributed by atoms with Gasteiger partial charge in [0.1, 0.15) is 17.2 Å². The number of hydrogen-bond donors (Lipinski definition) is 2. The van der Waals surface area contributed by atoms with Gasteiger partial charge in [0.2, 0.25) is 4.96 Å². The first kappa shape index (κ1) is 25.9. The molecule has 0 radical (unpaired) electrons. The Hall–Kier alpha value is -4.70. The summed E-state index contributed by atoms with van der Waals surface area (Å²) in [6.45, 7) is 4.39. The zero-order chi connectivity index (χ0) is 27.2. The minimum atomic E-state index is -0.337. The van der Waals surface area contributed by atoms with Gasteiger partial charge in [0.05, 0.1) is 18.0 Å². The SMILES string of the molecule is CCOc1ccc(Cc2nn3c(-c4ccc(OCC(=O)NNc5ccc(C)cc5)cc4)csc3nc2=O)cc1. The molecular weight excluding hydrogens is 514 g/mol. The molecule has 39 heavy (non-hydrogen) atoms. The molecule has 2 heterocycles. The molecule has 0 atom stereocenters. The lowest BCUT2D eigenvalue weighted by molar-refractivity contribution is -0.122. The van der Waals surface area contributed by atoms with Crippen molar-refractivity contribution in [1.82, 2.24) is 20.0 Å². The standard InChI is InChI=1S/C29H27N5O4S/c1-3-37-23-12-6-20(7-13-23)16-25-28(36)30-29-34(33-25)26(18-39-29)21-8-14-24(15-9-21)38-17-27(35)32-31-22-10-4-19(2)5-11-22/h4-15,18,31H,3,16-17H2,1-2H3,(H,32,35). The lowest BCUT2D eigenvalue weighted by Crippen LogP contribution is -2.33. The van der Waals surface area contributed by atoms with E-state index in [1.807, 2.05) is 79.9 Å². The molecule has 0 saturated carbocycles. The maximum Gasteiger partial charge on any atom is 0.296 e. The zero-order valence-corrected chi connectivity index (χ0v) is 22.3. The van der Waals surface area contributed by atoms with Crippen molar-refractivity contribution < 1.29 is 14.3 Å². The van der Waals surface area contributed by atoms with Crippen molar-refractivity contribution in [3.05, 3.63) is 105 Å². The fraction of sp³-hybridized carbons (Fsp3) is 0.172. The highest BCUT2D eigenvalue weighted by atomic mass is 32.1. The summed E-state index contributed by atoms with van der Waals surface area (Å²) in [6, 6.07) is 22.6. The Balaban J connectivity index is 1.24. The highest BCUT2D eigenvalue weighted by Crippen LogP contribution is 2.26. The van der Waals surface area contributed by atoms with Crippen LogP contribution in [0.4, 0.5) is 5.69 Å². The van der Waals surface area contributed by atoms with Gasteiger partial charge in [0.25, 0.3) is 11.5 Å². The second-order valence-electron chi connectivity index (χ2n) is 8.78. The molecule has 0 aliphatic carbocycles. The smallest absolute Gasteiger partial charge is 0.296 e. The molecule has 10 heteroatoms. The van der Waals surface area contributed by atoms with Crippen molar-refractivity contribution in [3.63, 3.8) is 0 Å². The third kappa shape index (κ3) is 6.42. The maximum atomic E-state index is 12.6. The van der Waals surface area contributed by atoms with E-state index in [0.29, 0.717) is 29.4 Å². The summed E-state index contributed by atoms with van der Waals surface area (Å²) < 4.78 is 12.8. The number of anilines is 1. The zero-order valence-electron chi connectivity index (χ0n) is 21.5. The largest absolute Gasteiger partial charge is 0.494 e. The Kier molecular flexibility index (Phi) is 7.83. The molecule has 0 aliphatic heterocycles. The lowest BCUT2D eigenvalue weighted by atomic mass is 10.1. The van der Waals surface area contributed by atoms with E-state index in [0.717, 1.165) is 33.8 Å². The van der Waals surface area contributed by atoms with Crippen molar-refractivity contribution in [2.45, 2.75) is 20.3 Å². The van der Waals surface area contributed by atoms with Crippen LogP contribution in [0.2, 0.25) is 0 Å². The molecule has 5 rings (SSSR count). The molecule has 0 fully saturated rings. The van der Waals surface area contributed by atoms with Crippen LogP contribution in [-0.4, -0.2) is 33.7 Å². The first-order chi connectivity index (χ1) is 19.0. The van der Waals surface area contributed by atoms with Crippen LogP contribution in [0.5, 0.6) is 11.5 Å². The minimum Gasteiger partial charge on any atom is -0.494 e. The lowest BCUT2D eigenvalue weighted by Gasteiger charge is -2.10. The summed E-state index contributed by atoms with van der Waals surface area (Å²) in [7, 11) is 0. The average Bonchev–Trinajstić information content (AvgIpc) is 3.35. The number of aryl methyl sites for hydroxylation is 1. The van der Waals surface area contributed by atoms with Crippen LogP contribution in [0.25, 0.3) is 16.2 Å². The van der Waals surface area contributed by atoms with Crippen LogP contribution in [-0.2, 0) is 11.2 Å². The Morgan fingerprint density at radius 3 is 2.36 bits per heavy atom. The van der Waals surface area contributed by atoms with Crippen LogP contribution >= 0.6 is 11.3 Å². The van der Waals surface area contributed by atoms with Gasteiger partial charge in [-0.25, -0.2) is 4.52 Å². The first-order valence-electron chi connectivity index (χ1n) is 12.4. The molecule has 198 valence electrons. The molecule has 0 bridgehead atoms. The molecule has 3 aromatic carbocycles. The molecule has 0 aliphatic rings. The highest BCUT2D eigenvalue weighted by Gasteiger charge is 2.13. The predicted octanol–water partition coefficient (Wildman–Crippen LogP) is 4.64. The number of carbonyl (C=O) groups excluding carboxylic acids is 1. The Labute approximate surface area is 229 Å². The van der Waals surface area contributed by atoms with Gasteiger partial charge in [-0.05, 0) is 67.9 Å². The fourth-order valence-electron chi connectivity index (χ4n) is 3.85. The van der Waals surface area contributed by atoms with E-state index in [9.17, 15) is 9.59 Å². The summed E-state index contributed by atoms with van der Waals surface area (Å²) in [6.07, 6.45) is 0.365. The minimum absolute atomic E-state index is 0.138. The van der Waals surface area contributed by atoms with E-state index in [2.05, 4.69) is 20.9 Å². The number of rotatable bonds is 10. The number of nitrogens with one attached hydrogen (secondary N) is 2.